The third-order valence-electron chi connectivity index (χ3n) is 4.24. The standard InChI is InChI=1S/C16H27N3O/c1-3-14-11-15(19(4-2)18-14)12-16(20)6-5-13-7-9-17-10-8-13/h11,13,17H,3-10,12H2,1-2H3. The van der Waals surface area contributed by atoms with Crippen LogP contribution in [0.5, 0.6) is 0 Å². The van der Waals surface area contributed by atoms with Crippen molar-refractivity contribution in [2.75, 3.05) is 13.1 Å². The molecule has 0 spiro atoms. The van der Waals surface area contributed by atoms with Crippen LogP contribution in [0.4, 0.5) is 0 Å². The summed E-state index contributed by atoms with van der Waals surface area (Å²) in [4.78, 5) is 12.2. The van der Waals surface area contributed by atoms with Gasteiger partial charge in [-0.15, -0.1) is 0 Å². The summed E-state index contributed by atoms with van der Waals surface area (Å²) in [5.41, 5.74) is 2.17. The lowest BCUT2D eigenvalue weighted by Gasteiger charge is -2.22. The molecule has 0 aromatic carbocycles. The number of nitrogens with zero attached hydrogens (tertiary/aromatic N) is 2. The van der Waals surface area contributed by atoms with Crippen molar-refractivity contribution in [1.82, 2.24) is 15.1 Å². The third kappa shape index (κ3) is 4.17. The van der Waals surface area contributed by atoms with Crippen LogP contribution in [0.3, 0.4) is 0 Å². The van der Waals surface area contributed by atoms with Crippen molar-refractivity contribution < 1.29 is 4.79 Å². The monoisotopic (exact) mass is 277 g/mol. The van der Waals surface area contributed by atoms with Crippen molar-refractivity contribution in [3.63, 3.8) is 0 Å². The van der Waals surface area contributed by atoms with Crippen LogP contribution in [-0.2, 0) is 24.2 Å². The van der Waals surface area contributed by atoms with Gasteiger partial charge in [-0.25, -0.2) is 0 Å². The highest BCUT2D eigenvalue weighted by Gasteiger charge is 2.16. The van der Waals surface area contributed by atoms with Gasteiger partial charge in [0.2, 0.25) is 0 Å². The largest absolute Gasteiger partial charge is 0.317 e. The lowest BCUT2D eigenvalue weighted by molar-refractivity contribution is -0.118. The number of aryl methyl sites for hydroxylation is 2. The van der Waals surface area contributed by atoms with E-state index in [9.17, 15) is 4.79 Å². The van der Waals surface area contributed by atoms with E-state index in [1.165, 1.54) is 12.8 Å². The number of carbonyl (C=O) groups is 1. The molecule has 1 saturated heterocycles. The average Bonchev–Trinajstić information content (AvgIpc) is 2.88. The van der Waals surface area contributed by atoms with Crippen LogP contribution in [0.1, 0.15) is 50.9 Å². The summed E-state index contributed by atoms with van der Waals surface area (Å²) in [5.74, 6) is 1.10. The van der Waals surface area contributed by atoms with Gasteiger partial charge in [-0.2, -0.15) is 5.10 Å². The van der Waals surface area contributed by atoms with Crippen molar-refractivity contribution in [2.45, 2.75) is 58.9 Å². The van der Waals surface area contributed by atoms with Crippen molar-refractivity contribution >= 4 is 5.78 Å². The Morgan fingerprint density at radius 2 is 2.15 bits per heavy atom. The lowest BCUT2D eigenvalue weighted by atomic mass is 9.92. The molecule has 0 saturated carbocycles. The Kier molecular flexibility index (Phi) is 5.77. The van der Waals surface area contributed by atoms with Gasteiger partial charge < -0.3 is 5.32 Å². The summed E-state index contributed by atoms with van der Waals surface area (Å²) in [6.07, 6.45) is 5.71. The molecule has 1 aliphatic heterocycles. The average molecular weight is 277 g/mol. The van der Waals surface area contributed by atoms with E-state index in [-0.39, 0.29) is 0 Å². The molecule has 0 radical (unpaired) electrons. The zero-order valence-electron chi connectivity index (χ0n) is 12.8. The predicted molar refractivity (Wildman–Crippen MR) is 80.8 cm³/mol. The maximum Gasteiger partial charge on any atom is 0.138 e. The maximum atomic E-state index is 12.2. The Labute approximate surface area is 121 Å². The van der Waals surface area contributed by atoms with Gasteiger partial charge in [0.25, 0.3) is 0 Å². The molecule has 1 N–H and O–H groups in total. The van der Waals surface area contributed by atoms with Gasteiger partial charge in [0.15, 0.2) is 0 Å². The number of nitrogens with one attached hydrogen (secondary N) is 1. The molecule has 0 bridgehead atoms. The number of Topliss-reactive ketones (excluding diaryl/α,β-unsaturated/α-hetero) is 1. The quantitative estimate of drug-likeness (QED) is 0.832. The van der Waals surface area contributed by atoms with E-state index in [1.54, 1.807) is 0 Å². The highest BCUT2D eigenvalue weighted by molar-refractivity contribution is 5.80. The first-order valence-electron chi connectivity index (χ1n) is 8.01. The van der Waals surface area contributed by atoms with E-state index in [2.05, 4.69) is 30.3 Å². The first kappa shape index (κ1) is 15.2. The van der Waals surface area contributed by atoms with Crippen LogP contribution < -0.4 is 5.32 Å². The van der Waals surface area contributed by atoms with Gasteiger partial charge >= 0.3 is 0 Å². The topological polar surface area (TPSA) is 46.9 Å². The number of rotatable bonds is 7. The summed E-state index contributed by atoms with van der Waals surface area (Å²) in [5, 5.41) is 7.88. The summed E-state index contributed by atoms with van der Waals surface area (Å²) in [6, 6.07) is 2.09. The van der Waals surface area contributed by atoms with Crippen molar-refractivity contribution in [3.05, 3.63) is 17.5 Å². The minimum atomic E-state index is 0.362. The van der Waals surface area contributed by atoms with Gasteiger partial charge in [-0.1, -0.05) is 6.92 Å². The Hall–Kier alpha value is -1.16. The van der Waals surface area contributed by atoms with Gasteiger partial charge in [-0.3, -0.25) is 9.48 Å². The smallest absolute Gasteiger partial charge is 0.138 e. The van der Waals surface area contributed by atoms with E-state index < -0.39 is 0 Å². The van der Waals surface area contributed by atoms with Gasteiger partial charge in [0.05, 0.1) is 5.69 Å². The highest BCUT2D eigenvalue weighted by atomic mass is 16.1. The molecule has 0 amide bonds. The van der Waals surface area contributed by atoms with Crippen molar-refractivity contribution in [3.8, 4) is 0 Å². The van der Waals surface area contributed by atoms with E-state index in [1.807, 2.05) is 4.68 Å². The summed E-state index contributed by atoms with van der Waals surface area (Å²) < 4.78 is 1.97. The molecule has 0 unspecified atom stereocenters. The van der Waals surface area contributed by atoms with Crippen LogP contribution in [-0.4, -0.2) is 28.7 Å². The van der Waals surface area contributed by atoms with E-state index in [0.29, 0.717) is 12.2 Å². The number of aromatic nitrogens is 2. The molecule has 1 fully saturated rings. The molecule has 112 valence electrons. The second-order valence-corrected chi connectivity index (χ2v) is 5.74. The Balaban J connectivity index is 1.82. The SMILES string of the molecule is CCc1cc(CC(=O)CCC2CCNCC2)n(CC)n1. The maximum absolute atomic E-state index is 12.2. The zero-order chi connectivity index (χ0) is 14.4. The summed E-state index contributed by atoms with van der Waals surface area (Å²) in [6.45, 7) is 7.25. The fraction of sp³-hybridized carbons (Fsp3) is 0.750. The van der Waals surface area contributed by atoms with Gasteiger partial charge in [0, 0.05) is 25.1 Å². The summed E-state index contributed by atoms with van der Waals surface area (Å²) >= 11 is 0. The minimum Gasteiger partial charge on any atom is -0.317 e. The van der Waals surface area contributed by atoms with Crippen LogP contribution in [0.15, 0.2) is 6.07 Å². The van der Waals surface area contributed by atoms with Crippen molar-refractivity contribution in [1.29, 1.82) is 0 Å². The molecule has 1 aromatic heterocycles. The number of hydrogen-bond donors (Lipinski definition) is 1. The second kappa shape index (κ2) is 7.58. The van der Waals surface area contributed by atoms with Gasteiger partial charge in [-0.05, 0) is 57.7 Å². The minimum absolute atomic E-state index is 0.362. The fourth-order valence-corrected chi connectivity index (χ4v) is 2.93. The number of hydrogen-bond acceptors (Lipinski definition) is 3. The van der Waals surface area contributed by atoms with E-state index in [4.69, 9.17) is 0 Å². The van der Waals surface area contributed by atoms with E-state index in [0.717, 1.165) is 56.2 Å². The summed E-state index contributed by atoms with van der Waals surface area (Å²) in [7, 11) is 0. The molecule has 20 heavy (non-hydrogen) atoms. The van der Waals surface area contributed by atoms with Crippen molar-refractivity contribution in [2.24, 2.45) is 5.92 Å². The molecular weight excluding hydrogens is 250 g/mol. The zero-order valence-corrected chi connectivity index (χ0v) is 12.8. The van der Waals surface area contributed by atoms with Crippen LogP contribution in [0, 0.1) is 5.92 Å². The first-order valence-corrected chi connectivity index (χ1v) is 8.01. The molecule has 0 aliphatic carbocycles. The van der Waals surface area contributed by atoms with Crippen LogP contribution >= 0.6 is 0 Å². The number of carbonyl (C=O) groups excluding carboxylic acids is 1. The fourth-order valence-electron chi connectivity index (χ4n) is 2.93. The molecule has 1 aromatic rings. The van der Waals surface area contributed by atoms with Crippen LogP contribution in [0.25, 0.3) is 0 Å². The third-order valence-corrected chi connectivity index (χ3v) is 4.24. The number of ketones is 1. The normalized spacial score (nSPS) is 16.5. The van der Waals surface area contributed by atoms with E-state index >= 15 is 0 Å². The molecule has 4 nitrogen and oxygen atoms in total. The van der Waals surface area contributed by atoms with Crippen LogP contribution in [0.2, 0.25) is 0 Å². The highest BCUT2D eigenvalue weighted by Crippen LogP contribution is 2.18. The first-order chi connectivity index (χ1) is 9.72. The predicted octanol–water partition coefficient (Wildman–Crippen LogP) is 2.36. The molecule has 2 heterocycles. The second-order valence-electron chi connectivity index (χ2n) is 5.74. The Bertz CT molecular complexity index is 433. The molecule has 2 rings (SSSR count). The molecule has 0 atom stereocenters. The number of piperidine rings is 1. The molecule has 1 aliphatic rings. The Morgan fingerprint density at radius 1 is 1.40 bits per heavy atom. The molecule has 4 heteroatoms. The van der Waals surface area contributed by atoms with Gasteiger partial charge in [0.1, 0.15) is 5.78 Å². The lowest BCUT2D eigenvalue weighted by Crippen LogP contribution is -2.28. The Morgan fingerprint density at radius 3 is 2.80 bits per heavy atom. The molecular formula is C16H27N3O.